The first-order valence-electron chi connectivity index (χ1n) is 7.98. The van der Waals surface area contributed by atoms with E-state index in [1.807, 2.05) is 12.1 Å². The highest BCUT2D eigenvalue weighted by atomic mass is 19.1. The van der Waals surface area contributed by atoms with Gasteiger partial charge in [-0.3, -0.25) is 4.90 Å². The monoisotopic (exact) mass is 276 g/mol. The highest BCUT2D eigenvalue weighted by Gasteiger charge is 2.36. The van der Waals surface area contributed by atoms with Gasteiger partial charge in [-0.15, -0.1) is 0 Å². The molecule has 2 atom stereocenters. The Morgan fingerprint density at radius 2 is 2.10 bits per heavy atom. The molecule has 1 aliphatic heterocycles. The maximum Gasteiger partial charge on any atom is 0.126 e. The quantitative estimate of drug-likeness (QED) is 0.889. The summed E-state index contributed by atoms with van der Waals surface area (Å²) in [6, 6.07) is 8.45. The molecule has 3 heteroatoms. The molecule has 2 nitrogen and oxygen atoms in total. The fraction of sp³-hybridized carbons (Fsp3) is 0.647. The van der Waals surface area contributed by atoms with E-state index in [1.54, 1.807) is 12.1 Å². The number of nitrogens with one attached hydrogen (secondary N) is 1. The molecule has 1 heterocycles. The van der Waals surface area contributed by atoms with E-state index < -0.39 is 0 Å². The Hall–Kier alpha value is -0.930. The van der Waals surface area contributed by atoms with Crippen molar-refractivity contribution in [1.82, 2.24) is 10.2 Å². The van der Waals surface area contributed by atoms with Crippen LogP contribution in [0.15, 0.2) is 24.3 Å². The largest absolute Gasteiger partial charge is 0.311 e. The lowest BCUT2D eigenvalue weighted by Gasteiger charge is -2.40. The summed E-state index contributed by atoms with van der Waals surface area (Å²) in [7, 11) is 0. The van der Waals surface area contributed by atoms with E-state index in [4.69, 9.17) is 0 Å². The van der Waals surface area contributed by atoms with Crippen LogP contribution in [0.2, 0.25) is 0 Å². The Balaban J connectivity index is 1.59. The van der Waals surface area contributed by atoms with E-state index in [-0.39, 0.29) is 5.82 Å². The van der Waals surface area contributed by atoms with Gasteiger partial charge in [-0.25, -0.2) is 4.39 Å². The van der Waals surface area contributed by atoms with Crippen molar-refractivity contribution >= 4 is 0 Å². The van der Waals surface area contributed by atoms with Gasteiger partial charge in [0.05, 0.1) is 0 Å². The molecule has 1 aromatic rings. The van der Waals surface area contributed by atoms with Gasteiger partial charge in [-0.05, 0) is 43.2 Å². The molecule has 20 heavy (non-hydrogen) atoms. The molecule has 1 saturated heterocycles. The van der Waals surface area contributed by atoms with E-state index in [9.17, 15) is 4.39 Å². The van der Waals surface area contributed by atoms with Gasteiger partial charge in [-0.1, -0.05) is 25.1 Å². The van der Waals surface area contributed by atoms with Crippen molar-refractivity contribution in [1.29, 1.82) is 0 Å². The van der Waals surface area contributed by atoms with Gasteiger partial charge in [-0.2, -0.15) is 0 Å². The second-order valence-electron chi connectivity index (χ2n) is 6.25. The molecule has 2 aliphatic rings. The van der Waals surface area contributed by atoms with E-state index in [1.165, 1.54) is 19.3 Å². The summed E-state index contributed by atoms with van der Waals surface area (Å²) in [4.78, 5) is 2.58. The molecule has 0 amide bonds. The molecule has 0 radical (unpaired) electrons. The molecule has 0 bridgehead atoms. The third kappa shape index (κ3) is 3.21. The van der Waals surface area contributed by atoms with Gasteiger partial charge in [0.1, 0.15) is 5.82 Å². The summed E-state index contributed by atoms with van der Waals surface area (Å²) in [5.41, 5.74) is 0.851. The van der Waals surface area contributed by atoms with Crippen LogP contribution in [0.5, 0.6) is 0 Å². The summed E-state index contributed by atoms with van der Waals surface area (Å²) in [5.74, 6) is 0.832. The highest BCUT2D eigenvalue weighted by Crippen LogP contribution is 2.34. The molecule has 0 spiro atoms. The van der Waals surface area contributed by atoms with Crippen LogP contribution in [-0.4, -0.2) is 36.6 Å². The van der Waals surface area contributed by atoms with E-state index in [0.29, 0.717) is 12.1 Å². The number of nitrogens with zero attached hydrogens (tertiary/aromatic N) is 1. The Kier molecular flexibility index (Phi) is 4.37. The Morgan fingerprint density at radius 1 is 1.30 bits per heavy atom. The normalized spacial score (nSPS) is 27.7. The van der Waals surface area contributed by atoms with Crippen molar-refractivity contribution in [2.75, 3.05) is 19.6 Å². The molecule has 1 saturated carbocycles. The molecule has 110 valence electrons. The van der Waals surface area contributed by atoms with Crippen molar-refractivity contribution in [3.63, 3.8) is 0 Å². The standard InChI is InChI=1S/C17H25FN2/c1-2-15-11-19-17(14-7-8-14)12-20(15)10-9-13-5-3-4-6-16(13)18/h3-6,14-15,17,19H,2,7-12H2,1H3. The number of hydrogen-bond acceptors (Lipinski definition) is 2. The number of benzene rings is 1. The summed E-state index contributed by atoms with van der Waals surface area (Å²) >= 11 is 0. The van der Waals surface area contributed by atoms with Gasteiger partial charge in [0.15, 0.2) is 0 Å². The van der Waals surface area contributed by atoms with Crippen LogP contribution in [0.4, 0.5) is 4.39 Å². The van der Waals surface area contributed by atoms with Crippen molar-refractivity contribution in [2.45, 2.75) is 44.7 Å². The van der Waals surface area contributed by atoms with E-state index in [2.05, 4.69) is 17.1 Å². The third-order valence-corrected chi connectivity index (χ3v) is 4.85. The zero-order valence-corrected chi connectivity index (χ0v) is 12.3. The average molecular weight is 276 g/mol. The van der Waals surface area contributed by atoms with Gasteiger partial charge >= 0.3 is 0 Å². The van der Waals surface area contributed by atoms with Gasteiger partial charge in [0.25, 0.3) is 0 Å². The van der Waals surface area contributed by atoms with Crippen molar-refractivity contribution in [2.24, 2.45) is 5.92 Å². The fourth-order valence-corrected chi connectivity index (χ4v) is 3.34. The number of halogens is 1. The van der Waals surface area contributed by atoms with Crippen LogP contribution in [0.1, 0.15) is 31.7 Å². The lowest BCUT2D eigenvalue weighted by atomic mass is 10.0. The third-order valence-electron chi connectivity index (χ3n) is 4.85. The molecular weight excluding hydrogens is 251 g/mol. The smallest absolute Gasteiger partial charge is 0.126 e. The van der Waals surface area contributed by atoms with Gasteiger partial charge in [0, 0.05) is 31.7 Å². The van der Waals surface area contributed by atoms with Crippen LogP contribution in [-0.2, 0) is 6.42 Å². The van der Waals surface area contributed by atoms with Crippen LogP contribution in [0.3, 0.4) is 0 Å². The summed E-state index contributed by atoms with van der Waals surface area (Å²) in [5, 5.41) is 3.71. The van der Waals surface area contributed by atoms with E-state index in [0.717, 1.165) is 37.5 Å². The maximum absolute atomic E-state index is 13.7. The average Bonchev–Trinajstić information content (AvgIpc) is 3.31. The van der Waals surface area contributed by atoms with Crippen molar-refractivity contribution in [3.8, 4) is 0 Å². The van der Waals surface area contributed by atoms with Crippen LogP contribution < -0.4 is 5.32 Å². The molecule has 2 fully saturated rings. The number of piperazine rings is 1. The second-order valence-corrected chi connectivity index (χ2v) is 6.25. The zero-order valence-electron chi connectivity index (χ0n) is 12.3. The first-order chi connectivity index (χ1) is 9.78. The first kappa shape index (κ1) is 14.0. The first-order valence-corrected chi connectivity index (χ1v) is 7.98. The Bertz CT molecular complexity index is 444. The summed E-state index contributed by atoms with van der Waals surface area (Å²) in [6.07, 6.45) is 4.76. The lowest BCUT2D eigenvalue weighted by Crippen LogP contribution is -2.57. The predicted molar refractivity (Wildman–Crippen MR) is 80.3 cm³/mol. The molecule has 2 unspecified atom stereocenters. The highest BCUT2D eigenvalue weighted by molar-refractivity contribution is 5.17. The minimum absolute atomic E-state index is 0.0607. The summed E-state index contributed by atoms with van der Waals surface area (Å²) < 4.78 is 13.7. The molecule has 0 aromatic heterocycles. The second kappa shape index (κ2) is 6.23. The molecule has 1 N–H and O–H groups in total. The number of hydrogen-bond donors (Lipinski definition) is 1. The predicted octanol–water partition coefficient (Wildman–Crippen LogP) is 2.83. The van der Waals surface area contributed by atoms with E-state index >= 15 is 0 Å². The minimum Gasteiger partial charge on any atom is -0.311 e. The van der Waals surface area contributed by atoms with Crippen LogP contribution in [0.25, 0.3) is 0 Å². The molecule has 3 rings (SSSR count). The SMILES string of the molecule is CCC1CNC(C2CC2)CN1CCc1ccccc1F. The van der Waals surface area contributed by atoms with Crippen LogP contribution in [0, 0.1) is 11.7 Å². The Labute approximate surface area is 121 Å². The van der Waals surface area contributed by atoms with Crippen LogP contribution >= 0.6 is 0 Å². The maximum atomic E-state index is 13.7. The van der Waals surface area contributed by atoms with Crippen molar-refractivity contribution < 1.29 is 4.39 Å². The molecular formula is C17H25FN2. The number of rotatable bonds is 5. The Morgan fingerprint density at radius 3 is 2.80 bits per heavy atom. The fourth-order valence-electron chi connectivity index (χ4n) is 3.34. The lowest BCUT2D eigenvalue weighted by molar-refractivity contribution is 0.120. The van der Waals surface area contributed by atoms with Gasteiger partial charge in [0.2, 0.25) is 0 Å². The van der Waals surface area contributed by atoms with Gasteiger partial charge < -0.3 is 5.32 Å². The molecule has 1 aliphatic carbocycles. The molecule has 1 aromatic carbocycles. The zero-order chi connectivity index (χ0) is 13.9. The minimum atomic E-state index is -0.0607. The van der Waals surface area contributed by atoms with Crippen molar-refractivity contribution in [3.05, 3.63) is 35.6 Å². The summed E-state index contributed by atoms with van der Waals surface area (Å²) in [6.45, 7) is 5.46. The topological polar surface area (TPSA) is 15.3 Å².